The van der Waals surface area contributed by atoms with Crippen LogP contribution in [0.3, 0.4) is 0 Å². The molecule has 5 nitrogen and oxygen atoms in total. The SMILES string of the molecule is C=CC[N+]1(C2CC3C4CCC5CC(O)C(N6CCOCC6)C[C@]5(C)C4CC[C@]3(C)C2O)CCCC1. The summed E-state index contributed by atoms with van der Waals surface area (Å²) in [5, 5.41) is 23.1. The Balaban J connectivity index is 1.26. The summed E-state index contributed by atoms with van der Waals surface area (Å²) in [6, 6.07) is 0.684. The molecule has 0 aromatic rings. The predicted octanol–water partition coefficient (Wildman–Crippen LogP) is 3.84. The van der Waals surface area contributed by atoms with E-state index in [1.54, 1.807) is 0 Å². The molecule has 2 aliphatic heterocycles. The second kappa shape index (κ2) is 9.08. The molecule has 2 heterocycles. The molecule has 5 heteroatoms. The van der Waals surface area contributed by atoms with Gasteiger partial charge in [0.25, 0.3) is 0 Å². The lowest BCUT2D eigenvalue weighted by molar-refractivity contribution is -0.938. The van der Waals surface area contributed by atoms with Gasteiger partial charge in [-0.15, -0.1) is 0 Å². The van der Waals surface area contributed by atoms with Crippen LogP contribution in [0.25, 0.3) is 0 Å². The number of aliphatic hydroxyl groups excluding tert-OH is 2. The van der Waals surface area contributed by atoms with Gasteiger partial charge >= 0.3 is 0 Å². The number of rotatable bonds is 4. The second-order valence-corrected chi connectivity index (χ2v) is 14.0. The van der Waals surface area contributed by atoms with Crippen molar-refractivity contribution in [2.75, 3.05) is 45.9 Å². The van der Waals surface area contributed by atoms with E-state index in [9.17, 15) is 10.2 Å². The van der Waals surface area contributed by atoms with Crippen molar-refractivity contribution in [1.82, 2.24) is 4.90 Å². The third-order valence-electron chi connectivity index (χ3n) is 12.8. The van der Waals surface area contributed by atoms with Crippen LogP contribution >= 0.6 is 0 Å². The van der Waals surface area contributed by atoms with E-state index in [1.165, 1.54) is 58.0 Å². The molecular weight excluding hydrogens is 436 g/mol. The van der Waals surface area contributed by atoms with Crippen LogP contribution in [0.2, 0.25) is 0 Å². The minimum Gasteiger partial charge on any atom is -0.391 e. The average molecular weight is 488 g/mol. The molecular formula is C30H51N2O3+. The zero-order valence-electron chi connectivity index (χ0n) is 22.4. The highest BCUT2D eigenvalue weighted by Gasteiger charge is 2.66. The number of quaternary nitrogens is 1. The maximum atomic E-state index is 11.9. The van der Waals surface area contributed by atoms with Crippen LogP contribution in [0.4, 0.5) is 0 Å². The third-order valence-corrected chi connectivity index (χ3v) is 12.8. The van der Waals surface area contributed by atoms with Gasteiger partial charge in [0.1, 0.15) is 12.1 Å². The van der Waals surface area contributed by atoms with Crippen LogP contribution in [0.15, 0.2) is 12.7 Å². The van der Waals surface area contributed by atoms with Crippen LogP contribution in [0, 0.1) is 34.5 Å². The van der Waals surface area contributed by atoms with Gasteiger partial charge in [0.05, 0.1) is 39.0 Å². The first-order valence-corrected chi connectivity index (χ1v) is 15.0. The first-order valence-electron chi connectivity index (χ1n) is 15.0. The first-order chi connectivity index (χ1) is 16.8. The predicted molar refractivity (Wildman–Crippen MR) is 139 cm³/mol. The van der Waals surface area contributed by atoms with Gasteiger partial charge in [-0.1, -0.05) is 20.4 Å². The molecule has 0 aromatic heterocycles. The summed E-state index contributed by atoms with van der Waals surface area (Å²) in [5.74, 6) is 2.78. The normalized spacial score (nSPS) is 51.9. The highest BCUT2D eigenvalue weighted by atomic mass is 16.5. The maximum Gasteiger partial charge on any atom is 0.116 e. The monoisotopic (exact) mass is 487 g/mol. The van der Waals surface area contributed by atoms with Crippen LogP contribution < -0.4 is 0 Å². The zero-order chi connectivity index (χ0) is 24.4. The van der Waals surface area contributed by atoms with Crippen LogP contribution in [-0.4, -0.2) is 89.8 Å². The van der Waals surface area contributed by atoms with Gasteiger partial charge in [-0.2, -0.15) is 0 Å². The summed E-state index contributed by atoms with van der Waals surface area (Å²) in [4.78, 5) is 2.54. The number of likely N-dealkylation sites (tertiary alicyclic amines) is 1. The fourth-order valence-electron chi connectivity index (χ4n) is 10.9. The lowest BCUT2D eigenvalue weighted by Crippen LogP contribution is -2.61. The van der Waals surface area contributed by atoms with Gasteiger partial charge in [-0.05, 0) is 73.7 Å². The number of hydrogen-bond donors (Lipinski definition) is 2. The minimum atomic E-state index is -0.187. The topological polar surface area (TPSA) is 52.9 Å². The minimum absolute atomic E-state index is 0.0713. The van der Waals surface area contributed by atoms with Crippen molar-refractivity contribution >= 4 is 0 Å². The van der Waals surface area contributed by atoms with E-state index in [0.29, 0.717) is 29.3 Å². The van der Waals surface area contributed by atoms with E-state index in [-0.39, 0.29) is 17.6 Å². The van der Waals surface area contributed by atoms with Gasteiger partial charge in [0.2, 0.25) is 0 Å². The molecule has 4 saturated carbocycles. The molecule has 198 valence electrons. The number of ether oxygens (including phenoxy) is 1. The Morgan fingerprint density at radius 3 is 2.46 bits per heavy atom. The maximum absolute atomic E-state index is 11.9. The van der Waals surface area contributed by atoms with E-state index >= 15 is 0 Å². The molecule has 0 aromatic carbocycles. The van der Waals surface area contributed by atoms with Crippen LogP contribution in [0.5, 0.6) is 0 Å². The van der Waals surface area contributed by atoms with Gasteiger partial charge < -0.3 is 19.4 Å². The van der Waals surface area contributed by atoms with Crippen molar-refractivity contribution in [2.24, 2.45) is 34.5 Å². The fraction of sp³-hybridized carbons (Fsp3) is 0.933. The first kappa shape index (κ1) is 24.9. The fourth-order valence-corrected chi connectivity index (χ4v) is 10.9. The molecule has 8 unspecified atom stereocenters. The standard InChI is InChI=1S/C30H51N2O3/c1-4-13-32(14-5-6-15-32)26-19-24-22-8-7-21-18-27(33)25(31-11-16-35-17-12-31)20-30(21,3)23(22)9-10-29(24,2)28(26)34/h4,21-28,33-34H,1,5-20H2,2-3H3/q+1/t21?,22?,23?,24?,25?,26?,27?,28?,29-,30-/m0/s1. The van der Waals surface area contributed by atoms with E-state index in [2.05, 4.69) is 31.4 Å². The summed E-state index contributed by atoms with van der Waals surface area (Å²) in [7, 11) is 0. The van der Waals surface area contributed by atoms with E-state index in [4.69, 9.17) is 4.74 Å². The Kier molecular flexibility index (Phi) is 6.45. The molecule has 35 heavy (non-hydrogen) atoms. The van der Waals surface area contributed by atoms with Crippen molar-refractivity contribution in [1.29, 1.82) is 0 Å². The van der Waals surface area contributed by atoms with Crippen molar-refractivity contribution in [3.63, 3.8) is 0 Å². The molecule has 6 fully saturated rings. The molecule has 10 atom stereocenters. The lowest BCUT2D eigenvalue weighted by atomic mass is 9.44. The van der Waals surface area contributed by atoms with Gasteiger partial charge in [-0.25, -0.2) is 0 Å². The van der Waals surface area contributed by atoms with Crippen molar-refractivity contribution < 1.29 is 19.4 Å². The summed E-state index contributed by atoms with van der Waals surface area (Å²) in [5.41, 5.74) is 0.387. The van der Waals surface area contributed by atoms with Gasteiger partial charge in [0.15, 0.2) is 0 Å². The summed E-state index contributed by atoms with van der Waals surface area (Å²) in [6.45, 7) is 16.2. The number of aliphatic hydroxyl groups is 2. The number of fused-ring (bicyclic) bond motifs is 5. The molecule has 0 bridgehead atoms. The Labute approximate surface area is 213 Å². The summed E-state index contributed by atoms with van der Waals surface area (Å²) >= 11 is 0. The van der Waals surface area contributed by atoms with Crippen LogP contribution in [-0.2, 0) is 4.74 Å². The molecule has 0 radical (unpaired) electrons. The smallest absolute Gasteiger partial charge is 0.116 e. The van der Waals surface area contributed by atoms with E-state index < -0.39 is 0 Å². The molecule has 6 rings (SSSR count). The molecule has 2 saturated heterocycles. The molecule has 0 spiro atoms. The molecule has 2 N–H and O–H groups in total. The molecule has 6 aliphatic rings. The van der Waals surface area contributed by atoms with Crippen LogP contribution in [0.1, 0.15) is 71.6 Å². The number of hydrogen-bond acceptors (Lipinski definition) is 4. The van der Waals surface area contributed by atoms with E-state index in [1.807, 2.05) is 0 Å². The highest BCUT2D eigenvalue weighted by molar-refractivity contribution is 5.13. The Bertz CT molecular complexity index is 792. The van der Waals surface area contributed by atoms with Crippen molar-refractivity contribution in [3.8, 4) is 0 Å². The number of nitrogens with zero attached hydrogens (tertiary/aromatic N) is 2. The Hall–Kier alpha value is -0.460. The van der Waals surface area contributed by atoms with Gasteiger partial charge in [-0.3, -0.25) is 4.90 Å². The summed E-state index contributed by atoms with van der Waals surface area (Å²) < 4.78 is 6.73. The summed E-state index contributed by atoms with van der Waals surface area (Å²) in [6.07, 6.45) is 12.7. The van der Waals surface area contributed by atoms with Gasteiger partial charge in [0, 0.05) is 43.8 Å². The van der Waals surface area contributed by atoms with Crippen molar-refractivity contribution in [3.05, 3.63) is 12.7 Å². The lowest BCUT2D eigenvalue weighted by Gasteiger charge is -2.62. The van der Waals surface area contributed by atoms with Crippen molar-refractivity contribution in [2.45, 2.75) is 95.9 Å². The largest absolute Gasteiger partial charge is 0.391 e. The Morgan fingerprint density at radius 1 is 1.00 bits per heavy atom. The third kappa shape index (κ3) is 3.73. The molecule has 0 amide bonds. The number of morpholine rings is 1. The second-order valence-electron chi connectivity index (χ2n) is 14.0. The van der Waals surface area contributed by atoms with E-state index in [0.717, 1.165) is 62.0 Å². The Morgan fingerprint density at radius 2 is 1.74 bits per heavy atom. The molecule has 4 aliphatic carbocycles. The quantitative estimate of drug-likeness (QED) is 0.467. The highest BCUT2D eigenvalue weighted by Crippen LogP contribution is 2.67. The zero-order valence-corrected chi connectivity index (χ0v) is 22.4. The average Bonchev–Trinajstić information content (AvgIpc) is 3.43.